The van der Waals surface area contributed by atoms with Crippen LogP contribution in [0.2, 0.25) is 0 Å². The molecule has 2 unspecified atom stereocenters. The van der Waals surface area contributed by atoms with Crippen LogP contribution in [0, 0.1) is 0 Å². The minimum absolute atomic E-state index is 0.00208. The number of aryl methyl sites for hydroxylation is 1. The van der Waals surface area contributed by atoms with E-state index in [1.807, 2.05) is 36.7 Å². The van der Waals surface area contributed by atoms with Gasteiger partial charge in [0.1, 0.15) is 23.9 Å². The van der Waals surface area contributed by atoms with E-state index in [4.69, 9.17) is 14.5 Å². The number of aromatic hydroxyl groups is 3. The molecule has 7 heterocycles. The number of fused-ring (bicyclic) bond motifs is 11. The van der Waals surface area contributed by atoms with Crippen LogP contribution < -0.4 is 11.2 Å². The highest BCUT2D eigenvalue weighted by molar-refractivity contribution is 5.91. The first-order valence-electron chi connectivity index (χ1n) is 19.7. The molecule has 2 atom stereocenters. The third-order valence-electron chi connectivity index (χ3n) is 12.5. The smallest absolute Gasteiger partial charge is 0.411 e. The Morgan fingerprint density at radius 3 is 2.60 bits per heavy atom. The second kappa shape index (κ2) is 13.1. The quantitative estimate of drug-likeness (QED) is 0.154. The summed E-state index contributed by atoms with van der Waals surface area (Å²) in [5.74, 6) is -1.17. The van der Waals surface area contributed by atoms with Crippen molar-refractivity contribution in [1.29, 1.82) is 0 Å². The molecule has 60 heavy (non-hydrogen) atoms. The summed E-state index contributed by atoms with van der Waals surface area (Å²) in [6, 6.07) is 15.1. The molecule has 0 fully saturated rings. The number of nitrogens with zero attached hydrogens (tertiary/aromatic N) is 6. The fraction of sp³-hybridized carbons (Fsp3) is 0.273. The number of esters is 1. The van der Waals surface area contributed by atoms with Crippen molar-refractivity contribution in [2.75, 3.05) is 13.6 Å². The Bertz CT molecular complexity index is 3160. The number of carbonyl (C=O) groups excluding carboxylic acids is 2. The van der Waals surface area contributed by atoms with E-state index in [-0.39, 0.29) is 77.4 Å². The van der Waals surface area contributed by atoms with Crippen molar-refractivity contribution in [2.45, 2.75) is 64.8 Å². The molecule has 0 aliphatic carbocycles. The second-order valence-electron chi connectivity index (χ2n) is 15.6. The fourth-order valence-electron chi connectivity index (χ4n) is 9.27. The predicted octanol–water partition coefficient (Wildman–Crippen LogP) is 5.50. The molecule has 304 valence electrons. The molecule has 16 nitrogen and oxygen atoms in total. The summed E-state index contributed by atoms with van der Waals surface area (Å²) in [6.07, 6.45) is 1.77. The highest BCUT2D eigenvalue weighted by atomic mass is 16.6. The Morgan fingerprint density at radius 2 is 1.82 bits per heavy atom. The van der Waals surface area contributed by atoms with E-state index in [1.165, 1.54) is 15.5 Å². The van der Waals surface area contributed by atoms with Crippen LogP contribution in [-0.4, -0.2) is 74.8 Å². The maximum absolute atomic E-state index is 14.2. The lowest BCUT2D eigenvalue weighted by Gasteiger charge is -2.36. The van der Waals surface area contributed by atoms with Crippen molar-refractivity contribution in [3.8, 4) is 45.7 Å². The monoisotopic (exact) mass is 809 g/mol. The third kappa shape index (κ3) is 5.15. The second-order valence-corrected chi connectivity index (χ2v) is 15.6. The van der Waals surface area contributed by atoms with Gasteiger partial charge in [-0.3, -0.25) is 4.79 Å². The Kier molecular flexibility index (Phi) is 8.05. The van der Waals surface area contributed by atoms with Gasteiger partial charge in [-0.15, -0.1) is 0 Å². The van der Waals surface area contributed by atoms with Gasteiger partial charge in [0, 0.05) is 71.3 Å². The number of rotatable bonds is 6. The maximum atomic E-state index is 14.2. The molecule has 10 rings (SSSR count). The van der Waals surface area contributed by atoms with E-state index in [1.54, 1.807) is 54.9 Å². The van der Waals surface area contributed by atoms with E-state index in [0.29, 0.717) is 41.1 Å². The lowest BCUT2D eigenvalue weighted by atomic mass is 9.85. The topological polar surface area (TPSA) is 207 Å². The number of hydrogen-bond acceptors (Lipinski definition) is 11. The molecule has 0 saturated heterocycles. The summed E-state index contributed by atoms with van der Waals surface area (Å²) in [4.78, 5) is 61.3. The van der Waals surface area contributed by atoms with Crippen molar-refractivity contribution in [1.82, 2.24) is 33.8 Å². The van der Waals surface area contributed by atoms with Gasteiger partial charge in [0.05, 0.1) is 40.3 Å². The van der Waals surface area contributed by atoms with Gasteiger partial charge in [-0.1, -0.05) is 20.8 Å². The molecule has 7 aromatic rings. The Labute approximate surface area is 340 Å². The first kappa shape index (κ1) is 36.9. The van der Waals surface area contributed by atoms with Crippen LogP contribution in [0.3, 0.4) is 0 Å². The zero-order valence-electron chi connectivity index (χ0n) is 33.1. The molecule has 3 aliphatic rings. The number of nitrogens with one attached hydrogen (secondary N) is 1. The molecule has 0 radical (unpaired) electrons. The summed E-state index contributed by atoms with van der Waals surface area (Å²) >= 11 is 0. The highest BCUT2D eigenvalue weighted by Crippen LogP contribution is 2.45. The number of likely N-dealkylation sites (N-methyl/N-ethyl adjacent to an activating group) is 1. The van der Waals surface area contributed by atoms with Crippen molar-refractivity contribution in [3.63, 3.8) is 0 Å². The number of aromatic nitrogens is 6. The number of benzene rings is 3. The van der Waals surface area contributed by atoms with Crippen LogP contribution in [0.5, 0.6) is 17.2 Å². The van der Waals surface area contributed by atoms with Crippen LogP contribution in [0.15, 0.2) is 70.4 Å². The first-order chi connectivity index (χ1) is 28.8. The predicted molar refractivity (Wildman–Crippen MR) is 218 cm³/mol. The molecular formula is C44H39N7O9. The summed E-state index contributed by atoms with van der Waals surface area (Å²) in [6.45, 7) is 6.06. The number of H-pyrrole nitrogens is 1. The Balaban J connectivity index is 0.978. The average Bonchev–Trinajstić information content (AvgIpc) is 3.92. The zero-order chi connectivity index (χ0) is 41.9. The van der Waals surface area contributed by atoms with E-state index in [9.17, 15) is 34.5 Å². The van der Waals surface area contributed by atoms with Gasteiger partial charge >= 0.3 is 17.8 Å². The van der Waals surface area contributed by atoms with Gasteiger partial charge in [0.25, 0.3) is 5.56 Å². The molecule has 4 bridgehead atoms. The minimum atomic E-state index is -1.91. The molecule has 4 N–H and O–H groups in total. The largest absolute Gasteiger partial charge is 0.508 e. The van der Waals surface area contributed by atoms with Gasteiger partial charge in [0.15, 0.2) is 5.82 Å². The maximum Gasteiger partial charge on any atom is 0.411 e. The first-order valence-corrected chi connectivity index (χ1v) is 19.7. The number of hydrogen-bond donors (Lipinski definition) is 4. The van der Waals surface area contributed by atoms with Crippen LogP contribution in [0.4, 0.5) is 4.79 Å². The van der Waals surface area contributed by atoms with Crippen LogP contribution in [0.25, 0.3) is 50.3 Å². The molecule has 1 amide bonds. The van der Waals surface area contributed by atoms with Gasteiger partial charge in [-0.05, 0) is 72.5 Å². The molecule has 16 heteroatoms. The molecule has 3 aliphatic heterocycles. The lowest BCUT2D eigenvalue weighted by Crippen LogP contribution is -2.49. The Morgan fingerprint density at radius 1 is 1.00 bits per heavy atom. The number of phenols is 3. The Hall–Kier alpha value is -7.36. The van der Waals surface area contributed by atoms with E-state index >= 15 is 0 Å². The van der Waals surface area contributed by atoms with Gasteiger partial charge in [-0.2, -0.15) is 5.10 Å². The number of phenolic OH excluding ortho intramolecular Hbond substituents is 3. The molecule has 3 aromatic carbocycles. The number of aromatic amines is 1. The van der Waals surface area contributed by atoms with Gasteiger partial charge < -0.3 is 38.8 Å². The summed E-state index contributed by atoms with van der Waals surface area (Å²) < 4.78 is 16.7. The fourth-order valence-corrected chi connectivity index (χ4v) is 9.27. The zero-order valence-corrected chi connectivity index (χ0v) is 33.1. The molecule has 0 spiro atoms. The van der Waals surface area contributed by atoms with Crippen molar-refractivity contribution >= 4 is 33.9 Å². The molecular weight excluding hydrogens is 771 g/mol. The SMILES string of the molecule is CCc1c2c(nc3ccc(O)cc13)-c1cc3c(c(=O)n1C2)COC(=O)C3(CC)OC(=O)N(C)CCn1cc2c3cc(ccc31)-n1c(n[nH]c1=O)-c1cc(c(O)cc1O)C2C. The minimum Gasteiger partial charge on any atom is -0.508 e. The van der Waals surface area contributed by atoms with E-state index in [2.05, 4.69) is 10.2 Å². The number of ether oxygens (including phenoxy) is 2. The van der Waals surface area contributed by atoms with Crippen molar-refractivity contribution in [3.05, 3.63) is 115 Å². The highest BCUT2D eigenvalue weighted by Gasteiger charge is 2.51. The number of pyridine rings is 2. The summed E-state index contributed by atoms with van der Waals surface area (Å²) in [5, 5.41) is 40.2. The average molecular weight is 810 g/mol. The number of amides is 1. The van der Waals surface area contributed by atoms with Crippen LogP contribution in [0.1, 0.15) is 66.5 Å². The van der Waals surface area contributed by atoms with Crippen molar-refractivity contribution < 1.29 is 34.4 Å². The number of carbonyl (C=O) groups is 2. The van der Waals surface area contributed by atoms with Gasteiger partial charge in [-0.25, -0.2) is 29.0 Å². The van der Waals surface area contributed by atoms with E-state index in [0.717, 1.165) is 33.0 Å². The molecule has 4 aromatic heterocycles. The van der Waals surface area contributed by atoms with Crippen molar-refractivity contribution in [2.24, 2.45) is 0 Å². The summed E-state index contributed by atoms with van der Waals surface area (Å²) in [5.41, 5.74) is 4.24. The van der Waals surface area contributed by atoms with Crippen LogP contribution >= 0.6 is 0 Å². The lowest BCUT2D eigenvalue weighted by molar-refractivity contribution is -0.173. The third-order valence-corrected chi connectivity index (χ3v) is 12.5. The van der Waals surface area contributed by atoms with Gasteiger partial charge in [0.2, 0.25) is 5.60 Å². The normalized spacial score (nSPS) is 17.3. The summed E-state index contributed by atoms with van der Waals surface area (Å²) in [7, 11) is 1.56. The standard InChI is InChI=1S/C44H39N7O9/c1-5-24-26-14-23(52)8-9-33(26)45-38-30(24)19-50-35(38)16-32-31(40(50)55)20-59-41(56)44(32,6-2)60-43(58)48(4)11-12-49-18-29-21(3)25-15-28(37(54)17-36(25)53)39-46-47-42(57)51(39)22-7-10-34(49)27(29)13-22/h7-10,13-18,21,52-54H,5-6,11-12,19-20H2,1-4H3,(H,47,57). The molecule has 0 saturated carbocycles. The van der Waals surface area contributed by atoms with E-state index < -0.39 is 23.4 Å². The van der Waals surface area contributed by atoms with Crippen LogP contribution in [-0.2, 0) is 46.0 Å². The number of cyclic esters (lactones) is 1.